The molecule has 1 aromatic rings. The van der Waals surface area contributed by atoms with Crippen molar-refractivity contribution in [3.05, 3.63) is 41.0 Å². The highest BCUT2D eigenvalue weighted by Gasteiger charge is 2.14. The molecule has 0 N–H and O–H groups in total. The molecular weight excluding hydrogens is 196 g/mol. The van der Waals surface area contributed by atoms with E-state index in [-0.39, 0.29) is 11.7 Å². The summed E-state index contributed by atoms with van der Waals surface area (Å²) in [6.07, 6.45) is 0. The molecular formula is C15H20O. The van der Waals surface area contributed by atoms with Crippen LogP contribution >= 0.6 is 0 Å². The monoisotopic (exact) mass is 216 g/mol. The van der Waals surface area contributed by atoms with E-state index >= 15 is 0 Å². The number of benzene rings is 1. The fraction of sp³-hybridized carbons (Fsp3) is 0.400. The molecule has 0 aliphatic carbocycles. The van der Waals surface area contributed by atoms with Gasteiger partial charge in [0.25, 0.3) is 0 Å². The van der Waals surface area contributed by atoms with Crippen LogP contribution in [0.5, 0.6) is 0 Å². The van der Waals surface area contributed by atoms with Crippen molar-refractivity contribution < 1.29 is 4.79 Å². The molecule has 0 radical (unpaired) electrons. The fourth-order valence-electron chi connectivity index (χ4n) is 2.24. The summed E-state index contributed by atoms with van der Waals surface area (Å²) >= 11 is 0. The molecule has 0 heterocycles. The van der Waals surface area contributed by atoms with E-state index in [1.54, 1.807) is 6.92 Å². The van der Waals surface area contributed by atoms with Crippen molar-refractivity contribution in [2.24, 2.45) is 5.92 Å². The van der Waals surface area contributed by atoms with Crippen LogP contribution in [-0.4, -0.2) is 5.78 Å². The lowest BCUT2D eigenvalue weighted by Crippen LogP contribution is -2.07. The number of carbonyl (C=O) groups excluding carboxylic acids is 1. The van der Waals surface area contributed by atoms with Crippen LogP contribution in [0.1, 0.15) is 38.8 Å². The second-order valence-corrected chi connectivity index (χ2v) is 4.56. The molecule has 0 bridgehead atoms. The number of allylic oxidation sites excluding steroid dienone is 2. The minimum absolute atomic E-state index is 0.177. The number of rotatable bonds is 3. The second-order valence-electron chi connectivity index (χ2n) is 4.56. The van der Waals surface area contributed by atoms with E-state index in [1.807, 2.05) is 19.1 Å². The van der Waals surface area contributed by atoms with Crippen LogP contribution in [0.4, 0.5) is 0 Å². The van der Waals surface area contributed by atoms with E-state index in [4.69, 9.17) is 0 Å². The largest absolute Gasteiger partial charge is 0.295 e. The molecule has 0 aliphatic rings. The molecule has 1 heteroatoms. The van der Waals surface area contributed by atoms with Gasteiger partial charge in [0.15, 0.2) is 5.78 Å². The topological polar surface area (TPSA) is 17.1 Å². The van der Waals surface area contributed by atoms with Gasteiger partial charge in [0.1, 0.15) is 0 Å². The molecule has 0 unspecified atom stereocenters. The Hall–Kier alpha value is -1.37. The van der Waals surface area contributed by atoms with Gasteiger partial charge >= 0.3 is 0 Å². The van der Waals surface area contributed by atoms with Gasteiger partial charge in [0, 0.05) is 5.57 Å². The third-order valence-corrected chi connectivity index (χ3v) is 2.91. The summed E-state index contributed by atoms with van der Waals surface area (Å²) in [5.41, 5.74) is 4.45. The third kappa shape index (κ3) is 2.60. The van der Waals surface area contributed by atoms with Crippen molar-refractivity contribution in [3.63, 3.8) is 0 Å². The predicted molar refractivity (Wildman–Crippen MR) is 69.3 cm³/mol. The van der Waals surface area contributed by atoms with Gasteiger partial charge in [0.2, 0.25) is 0 Å². The van der Waals surface area contributed by atoms with Gasteiger partial charge in [-0.15, -0.1) is 0 Å². The molecule has 0 spiro atoms. The SMILES string of the molecule is CC(=O)C(=C(C)c1ccccc1C)C(C)C. The number of hydrogen-bond donors (Lipinski definition) is 0. The lowest BCUT2D eigenvalue weighted by atomic mass is 9.89. The fourth-order valence-corrected chi connectivity index (χ4v) is 2.24. The van der Waals surface area contributed by atoms with Gasteiger partial charge in [-0.1, -0.05) is 38.1 Å². The first kappa shape index (κ1) is 12.7. The lowest BCUT2D eigenvalue weighted by Gasteiger charge is -2.14. The summed E-state index contributed by atoms with van der Waals surface area (Å²) in [6.45, 7) is 9.91. The first-order chi connectivity index (χ1) is 7.45. The molecule has 1 aromatic carbocycles. The minimum atomic E-state index is 0.177. The Morgan fingerprint density at radius 1 is 1.12 bits per heavy atom. The van der Waals surface area contributed by atoms with Crippen LogP contribution in [0.15, 0.2) is 29.8 Å². The van der Waals surface area contributed by atoms with E-state index in [1.165, 1.54) is 11.1 Å². The van der Waals surface area contributed by atoms with Crippen LogP contribution in [0.25, 0.3) is 5.57 Å². The minimum Gasteiger partial charge on any atom is -0.295 e. The molecule has 0 saturated heterocycles. The maximum Gasteiger partial charge on any atom is 0.156 e. The zero-order chi connectivity index (χ0) is 12.3. The normalized spacial score (nSPS) is 12.6. The van der Waals surface area contributed by atoms with Crippen molar-refractivity contribution in [1.29, 1.82) is 0 Å². The van der Waals surface area contributed by atoms with Gasteiger partial charge in [-0.2, -0.15) is 0 Å². The molecule has 0 fully saturated rings. The molecule has 16 heavy (non-hydrogen) atoms. The number of carbonyl (C=O) groups is 1. The molecule has 1 nitrogen and oxygen atoms in total. The van der Waals surface area contributed by atoms with Crippen molar-refractivity contribution in [1.82, 2.24) is 0 Å². The van der Waals surface area contributed by atoms with Crippen molar-refractivity contribution in [2.75, 3.05) is 0 Å². The summed E-state index contributed by atoms with van der Waals surface area (Å²) < 4.78 is 0. The standard InChI is InChI=1S/C15H20O/c1-10(2)15(13(5)16)12(4)14-9-7-6-8-11(14)3/h6-10H,1-5H3. The molecule has 0 aliphatic heterocycles. The maximum atomic E-state index is 11.7. The smallest absolute Gasteiger partial charge is 0.156 e. The van der Waals surface area contributed by atoms with Gasteiger partial charge in [-0.05, 0) is 43.4 Å². The van der Waals surface area contributed by atoms with Gasteiger partial charge in [0.05, 0.1) is 0 Å². The second kappa shape index (κ2) is 5.11. The summed E-state index contributed by atoms with van der Waals surface area (Å²) in [4.78, 5) is 11.7. The number of aryl methyl sites for hydroxylation is 1. The summed E-state index contributed by atoms with van der Waals surface area (Å²) in [6, 6.07) is 8.20. The predicted octanol–water partition coefficient (Wildman–Crippen LogP) is 4.01. The highest BCUT2D eigenvalue weighted by molar-refractivity contribution is 6.01. The molecule has 86 valence electrons. The quantitative estimate of drug-likeness (QED) is 0.698. The Labute approximate surface area is 98.2 Å². The van der Waals surface area contributed by atoms with Crippen LogP contribution in [0.3, 0.4) is 0 Å². The highest BCUT2D eigenvalue weighted by atomic mass is 16.1. The highest BCUT2D eigenvalue weighted by Crippen LogP contribution is 2.26. The zero-order valence-electron chi connectivity index (χ0n) is 10.8. The van der Waals surface area contributed by atoms with Gasteiger partial charge in [-0.25, -0.2) is 0 Å². The van der Waals surface area contributed by atoms with Gasteiger partial charge in [-0.3, -0.25) is 4.79 Å². The zero-order valence-corrected chi connectivity index (χ0v) is 10.8. The van der Waals surface area contributed by atoms with E-state index < -0.39 is 0 Å². The summed E-state index contributed by atoms with van der Waals surface area (Å²) in [7, 11) is 0. The Balaban J connectivity index is 3.36. The summed E-state index contributed by atoms with van der Waals surface area (Å²) in [5.74, 6) is 0.452. The van der Waals surface area contributed by atoms with E-state index in [2.05, 4.69) is 32.9 Å². The van der Waals surface area contributed by atoms with Crippen LogP contribution < -0.4 is 0 Å². The number of ketones is 1. The average Bonchev–Trinajstić information content (AvgIpc) is 2.16. The summed E-state index contributed by atoms with van der Waals surface area (Å²) in [5, 5.41) is 0. The van der Waals surface area contributed by atoms with E-state index in [0.717, 1.165) is 11.1 Å². The first-order valence-corrected chi connectivity index (χ1v) is 5.72. The van der Waals surface area contributed by atoms with Crippen molar-refractivity contribution in [3.8, 4) is 0 Å². The molecule has 0 atom stereocenters. The maximum absolute atomic E-state index is 11.7. The van der Waals surface area contributed by atoms with Gasteiger partial charge < -0.3 is 0 Å². The van der Waals surface area contributed by atoms with Crippen molar-refractivity contribution >= 4 is 11.4 Å². The molecule has 0 aromatic heterocycles. The Morgan fingerprint density at radius 3 is 2.12 bits per heavy atom. The van der Waals surface area contributed by atoms with Crippen LogP contribution in [0, 0.1) is 12.8 Å². The number of Topliss-reactive ketones (excluding diaryl/α,β-unsaturated/α-hetero) is 1. The third-order valence-electron chi connectivity index (χ3n) is 2.91. The van der Waals surface area contributed by atoms with E-state index in [9.17, 15) is 4.79 Å². The van der Waals surface area contributed by atoms with E-state index in [0.29, 0.717) is 0 Å². The average molecular weight is 216 g/mol. The lowest BCUT2D eigenvalue weighted by molar-refractivity contribution is -0.113. The van der Waals surface area contributed by atoms with Crippen LogP contribution in [-0.2, 0) is 4.79 Å². The Bertz CT molecular complexity index is 425. The van der Waals surface area contributed by atoms with Crippen LogP contribution in [0.2, 0.25) is 0 Å². The molecule has 0 saturated carbocycles. The Kier molecular flexibility index (Phi) is 4.05. The number of hydrogen-bond acceptors (Lipinski definition) is 1. The van der Waals surface area contributed by atoms with Crippen molar-refractivity contribution in [2.45, 2.75) is 34.6 Å². The molecule has 0 amide bonds. The molecule has 1 rings (SSSR count). The first-order valence-electron chi connectivity index (χ1n) is 5.72. The Morgan fingerprint density at radius 2 is 1.69 bits per heavy atom.